The number of hydrogen-bond donors (Lipinski definition) is 0. The van der Waals surface area contributed by atoms with E-state index in [2.05, 4.69) is 167 Å². The van der Waals surface area contributed by atoms with E-state index >= 15 is 0 Å². The van der Waals surface area contributed by atoms with Gasteiger partial charge in [0.2, 0.25) is 0 Å². The molecule has 0 saturated heterocycles. The van der Waals surface area contributed by atoms with Gasteiger partial charge in [-0.2, -0.15) is 0 Å². The predicted octanol–water partition coefficient (Wildman–Crippen LogP) is 12.8. The van der Waals surface area contributed by atoms with Gasteiger partial charge in [-0.1, -0.05) is 143 Å². The zero-order valence-electron chi connectivity index (χ0n) is 31.1. The van der Waals surface area contributed by atoms with Gasteiger partial charge in [-0.3, -0.25) is 0 Å². The summed E-state index contributed by atoms with van der Waals surface area (Å²) in [5.41, 5.74) is 16.9. The van der Waals surface area contributed by atoms with Gasteiger partial charge < -0.3 is 0 Å². The van der Waals surface area contributed by atoms with E-state index in [9.17, 15) is 0 Å². The molecule has 0 unspecified atom stereocenters. The molecule has 0 N–H and O–H groups in total. The summed E-state index contributed by atoms with van der Waals surface area (Å²) in [5, 5.41) is 7.31. The van der Waals surface area contributed by atoms with Crippen molar-refractivity contribution in [2.45, 2.75) is 116 Å². The molecule has 7 rings (SSSR count). The van der Waals surface area contributed by atoms with Gasteiger partial charge in [-0.25, -0.2) is 9.97 Å². The quantitative estimate of drug-likeness (QED) is 0.101. The third-order valence-corrected chi connectivity index (χ3v) is 24.4. The topological polar surface area (TPSA) is 25.8 Å². The van der Waals surface area contributed by atoms with Gasteiger partial charge in [-0.05, 0) is 66.9 Å². The minimum absolute atomic E-state index is 0.553. The third-order valence-electron chi connectivity index (χ3n) is 11.8. The highest BCUT2D eigenvalue weighted by Gasteiger charge is 2.42. The molecule has 7 aromatic rings. The Morgan fingerprint density at radius 3 is 0.917 bits per heavy atom. The number of aromatic nitrogens is 2. The number of rotatable bonds is 6. The molecule has 0 radical (unpaired) electrons. The summed E-state index contributed by atoms with van der Waals surface area (Å²) >= 11 is 0. The van der Waals surface area contributed by atoms with Crippen LogP contribution in [0.25, 0.3) is 54.4 Å². The lowest BCUT2D eigenvalue weighted by Crippen LogP contribution is -2.43. The molecule has 0 saturated carbocycles. The first-order chi connectivity index (χ1) is 22.8. The van der Waals surface area contributed by atoms with Crippen LogP contribution in [0.15, 0.2) is 60.7 Å². The fraction of sp³-hybridized carbons (Fsp3) is 0.409. The maximum absolute atomic E-state index is 5.58. The van der Waals surface area contributed by atoms with E-state index in [-0.39, 0.29) is 0 Å². The monoisotopic (exact) mass is 664 g/mol. The van der Waals surface area contributed by atoms with E-state index in [1.165, 1.54) is 32.3 Å². The van der Waals surface area contributed by atoms with Crippen LogP contribution >= 0.6 is 0 Å². The van der Waals surface area contributed by atoms with E-state index < -0.39 is 16.1 Å². The van der Waals surface area contributed by atoms with Crippen molar-refractivity contribution in [3.8, 4) is 22.9 Å². The first kappa shape index (κ1) is 34.2. The van der Waals surface area contributed by atoms with Crippen LogP contribution in [0.2, 0.25) is 33.2 Å². The Bertz CT molecular complexity index is 2020. The minimum atomic E-state index is -1.97. The lowest BCUT2D eigenvalue weighted by atomic mass is 9.90. The molecule has 6 aromatic carbocycles. The van der Waals surface area contributed by atoms with Crippen molar-refractivity contribution < 1.29 is 0 Å². The van der Waals surface area contributed by atoms with E-state index in [1.807, 2.05) is 0 Å². The Kier molecular flexibility index (Phi) is 8.99. The molecular weight excluding hydrogens is 613 g/mol. The van der Waals surface area contributed by atoms with E-state index in [4.69, 9.17) is 9.97 Å². The second kappa shape index (κ2) is 12.6. The number of benzene rings is 6. The maximum atomic E-state index is 5.58. The Hall–Kier alpha value is -3.71. The van der Waals surface area contributed by atoms with Gasteiger partial charge in [0.25, 0.3) is 0 Å². The average molecular weight is 665 g/mol. The molecule has 48 heavy (non-hydrogen) atoms. The van der Waals surface area contributed by atoms with Crippen LogP contribution in [-0.2, 0) is 0 Å². The highest BCUT2D eigenvalue weighted by Crippen LogP contribution is 2.45. The lowest BCUT2D eigenvalue weighted by molar-refractivity contribution is 0.838. The molecule has 0 amide bonds. The van der Waals surface area contributed by atoms with Crippen LogP contribution in [0.5, 0.6) is 0 Å². The molecule has 2 nitrogen and oxygen atoms in total. The van der Waals surface area contributed by atoms with Crippen molar-refractivity contribution in [3.05, 3.63) is 71.8 Å². The molecule has 0 aliphatic heterocycles. The van der Waals surface area contributed by atoms with Crippen LogP contribution in [0.4, 0.5) is 0 Å². The molecule has 0 aliphatic carbocycles. The second-order valence-corrected chi connectivity index (χ2v) is 27.1. The summed E-state index contributed by atoms with van der Waals surface area (Å²) in [6.07, 6.45) is 0. The minimum Gasteiger partial charge on any atom is -0.242 e. The second-order valence-electron chi connectivity index (χ2n) is 15.9. The molecule has 4 heteroatoms. The summed E-state index contributed by atoms with van der Waals surface area (Å²) in [7, 11) is -3.93. The fourth-order valence-corrected chi connectivity index (χ4v) is 20.0. The Balaban J connectivity index is 1.76. The summed E-state index contributed by atoms with van der Waals surface area (Å²) in [6.45, 7) is 28.5. The molecule has 1 heterocycles. The zero-order chi connectivity index (χ0) is 34.7. The largest absolute Gasteiger partial charge is 0.242 e. The van der Waals surface area contributed by atoms with Crippen LogP contribution in [-0.4, -0.2) is 26.1 Å². The standard InChI is InChI=1S/C44H52N2Si2/c1-27(2)47(28(3)4,29(5)6)25-23-33-21-22-34(24-26-48(30(7)8,31(9)10)32(11)12)42-41(33)45-43-39-35-17-13-15-19-37(35)40(44(43)46-42)38-20-16-14-18-36(38)39/h13-22,27-32H,1-12H3. The number of hydrogen-bond acceptors (Lipinski definition) is 2. The molecule has 0 aliphatic rings. The smallest absolute Gasteiger partial charge is 0.146 e. The van der Waals surface area contributed by atoms with Crippen molar-refractivity contribution in [1.82, 2.24) is 9.97 Å². The summed E-state index contributed by atoms with van der Waals surface area (Å²) in [5.74, 6) is 7.54. The third kappa shape index (κ3) is 5.07. The zero-order valence-corrected chi connectivity index (χ0v) is 33.1. The van der Waals surface area contributed by atoms with Gasteiger partial charge >= 0.3 is 0 Å². The van der Waals surface area contributed by atoms with Crippen LogP contribution in [0.3, 0.4) is 0 Å². The van der Waals surface area contributed by atoms with Gasteiger partial charge in [0.1, 0.15) is 27.2 Å². The van der Waals surface area contributed by atoms with Crippen molar-refractivity contribution in [2.75, 3.05) is 0 Å². The number of nitrogens with zero attached hydrogens (tertiary/aromatic N) is 2. The molecule has 0 fully saturated rings. The molecule has 0 atom stereocenters. The van der Waals surface area contributed by atoms with Crippen LogP contribution < -0.4 is 0 Å². The van der Waals surface area contributed by atoms with Crippen molar-refractivity contribution in [2.24, 2.45) is 0 Å². The van der Waals surface area contributed by atoms with Gasteiger partial charge in [0.05, 0.1) is 22.2 Å². The van der Waals surface area contributed by atoms with Crippen molar-refractivity contribution >= 4 is 70.5 Å². The average Bonchev–Trinajstić information content (AvgIpc) is 3.03. The molecule has 2 bridgehead atoms. The van der Waals surface area contributed by atoms with Crippen LogP contribution in [0, 0.1) is 22.9 Å². The SMILES string of the molecule is CC(C)[Si](C#Cc1ccc(C#C[Si](C(C)C)(C(C)C)C(C)C)c2nc3c(nc12)c1c2ccccc2c3c2ccccc21)(C(C)C)C(C)C. The van der Waals surface area contributed by atoms with E-state index in [1.54, 1.807) is 0 Å². The van der Waals surface area contributed by atoms with E-state index in [0.29, 0.717) is 33.2 Å². The first-order valence-corrected chi connectivity index (χ1v) is 22.6. The molecule has 246 valence electrons. The summed E-state index contributed by atoms with van der Waals surface area (Å²) in [6, 6.07) is 21.9. The lowest BCUT2D eigenvalue weighted by Gasteiger charge is -2.38. The van der Waals surface area contributed by atoms with Gasteiger partial charge in [-0.15, -0.1) is 11.1 Å². The molecule has 1 aromatic heterocycles. The number of fused-ring (bicyclic) bond motifs is 1. The summed E-state index contributed by atoms with van der Waals surface area (Å²) < 4.78 is 0. The normalized spacial score (nSPS) is 13.0. The van der Waals surface area contributed by atoms with Gasteiger partial charge in [0, 0.05) is 10.8 Å². The Morgan fingerprint density at radius 1 is 0.396 bits per heavy atom. The highest BCUT2D eigenvalue weighted by molar-refractivity contribution is 6.91. The molecular formula is C44H52N2Si2. The van der Waals surface area contributed by atoms with E-state index in [0.717, 1.165) is 33.2 Å². The van der Waals surface area contributed by atoms with Crippen LogP contribution in [0.1, 0.15) is 94.2 Å². The predicted molar refractivity (Wildman–Crippen MR) is 217 cm³/mol. The van der Waals surface area contributed by atoms with Gasteiger partial charge in [0.15, 0.2) is 0 Å². The molecule has 0 spiro atoms. The Labute approximate surface area is 290 Å². The fourth-order valence-electron chi connectivity index (χ4n) is 9.54. The maximum Gasteiger partial charge on any atom is 0.146 e. The van der Waals surface area contributed by atoms with Crippen molar-refractivity contribution in [3.63, 3.8) is 0 Å². The summed E-state index contributed by atoms with van der Waals surface area (Å²) in [4.78, 5) is 11.2. The van der Waals surface area contributed by atoms with Crippen molar-refractivity contribution in [1.29, 1.82) is 0 Å². The highest BCUT2D eigenvalue weighted by atomic mass is 28.3. The Morgan fingerprint density at radius 2 is 0.667 bits per heavy atom. The first-order valence-electron chi connectivity index (χ1n) is 18.1.